The molecule has 1 amide bonds. The van der Waals surface area contributed by atoms with E-state index in [-0.39, 0.29) is 17.7 Å². The Labute approximate surface area is 152 Å². The van der Waals surface area contributed by atoms with Crippen LogP contribution in [0.3, 0.4) is 0 Å². The number of ether oxygens (including phenoxy) is 1. The van der Waals surface area contributed by atoms with E-state index in [1.54, 1.807) is 18.7 Å². The second-order valence-corrected chi connectivity index (χ2v) is 6.48. The summed E-state index contributed by atoms with van der Waals surface area (Å²) >= 11 is 0. The first-order valence-corrected chi connectivity index (χ1v) is 8.71. The Morgan fingerprint density at radius 3 is 2.77 bits per heavy atom. The number of nitrogens with zero attached hydrogens (tertiary/aromatic N) is 1. The molecule has 2 atom stereocenters. The molecule has 2 heterocycles. The molecule has 4 rings (SSSR count). The van der Waals surface area contributed by atoms with Crippen LogP contribution in [-0.2, 0) is 17.9 Å². The SMILES string of the molecule is O=C(NCc1ccc(OCc2cccnc2)cc1)C1CC1c1ccco1. The molecular weight excluding hydrogens is 328 g/mol. The molecule has 0 aliphatic heterocycles. The van der Waals surface area contributed by atoms with E-state index in [4.69, 9.17) is 9.15 Å². The third-order valence-corrected chi connectivity index (χ3v) is 4.55. The van der Waals surface area contributed by atoms with Gasteiger partial charge in [0.05, 0.1) is 6.26 Å². The van der Waals surface area contributed by atoms with Crippen LogP contribution in [0.2, 0.25) is 0 Å². The van der Waals surface area contributed by atoms with E-state index in [1.165, 1.54) is 0 Å². The molecule has 132 valence electrons. The summed E-state index contributed by atoms with van der Waals surface area (Å²) in [5.74, 6) is 2.05. The molecule has 1 N–H and O–H groups in total. The van der Waals surface area contributed by atoms with Gasteiger partial charge in [-0.05, 0) is 42.3 Å². The number of hydrogen-bond acceptors (Lipinski definition) is 4. The lowest BCUT2D eigenvalue weighted by molar-refractivity contribution is -0.122. The van der Waals surface area contributed by atoms with E-state index >= 15 is 0 Å². The van der Waals surface area contributed by atoms with Crippen LogP contribution in [0.1, 0.15) is 29.2 Å². The topological polar surface area (TPSA) is 64.4 Å². The molecule has 0 bridgehead atoms. The number of furan rings is 1. The molecule has 2 unspecified atom stereocenters. The maximum absolute atomic E-state index is 12.2. The molecule has 1 saturated carbocycles. The molecule has 2 aromatic heterocycles. The van der Waals surface area contributed by atoms with E-state index in [9.17, 15) is 4.79 Å². The highest BCUT2D eigenvalue weighted by atomic mass is 16.5. The van der Waals surface area contributed by atoms with Gasteiger partial charge in [0.25, 0.3) is 0 Å². The first-order valence-electron chi connectivity index (χ1n) is 8.71. The van der Waals surface area contributed by atoms with Gasteiger partial charge < -0.3 is 14.5 Å². The van der Waals surface area contributed by atoms with Crippen LogP contribution in [0.5, 0.6) is 5.75 Å². The Balaban J connectivity index is 1.24. The zero-order chi connectivity index (χ0) is 17.8. The standard InChI is InChI=1S/C21H20N2O3/c24-21(19-11-18(19)20-4-2-10-25-20)23-13-15-5-7-17(8-6-15)26-14-16-3-1-9-22-12-16/h1-10,12,18-19H,11,13-14H2,(H,23,24). The number of carbonyl (C=O) groups excluding carboxylic acids is 1. The molecular formula is C21H20N2O3. The third-order valence-electron chi connectivity index (χ3n) is 4.55. The summed E-state index contributed by atoms with van der Waals surface area (Å²) in [6.07, 6.45) is 6.05. The normalized spacial score (nSPS) is 18.3. The summed E-state index contributed by atoms with van der Waals surface area (Å²) in [6, 6.07) is 15.4. The van der Waals surface area contributed by atoms with Crippen LogP contribution >= 0.6 is 0 Å². The Morgan fingerprint density at radius 2 is 2.04 bits per heavy atom. The van der Waals surface area contributed by atoms with Gasteiger partial charge in [0.1, 0.15) is 18.1 Å². The first kappa shape index (κ1) is 16.4. The van der Waals surface area contributed by atoms with Crippen LogP contribution in [0.4, 0.5) is 0 Å². The molecule has 26 heavy (non-hydrogen) atoms. The molecule has 0 spiro atoms. The van der Waals surface area contributed by atoms with Crippen LogP contribution < -0.4 is 10.1 Å². The highest BCUT2D eigenvalue weighted by Gasteiger charge is 2.45. The number of amides is 1. The summed E-state index contributed by atoms with van der Waals surface area (Å²) in [5, 5.41) is 3.00. The minimum atomic E-state index is 0.0308. The van der Waals surface area contributed by atoms with Crippen molar-refractivity contribution in [1.82, 2.24) is 10.3 Å². The van der Waals surface area contributed by atoms with Gasteiger partial charge in [0.2, 0.25) is 5.91 Å². The van der Waals surface area contributed by atoms with Gasteiger partial charge >= 0.3 is 0 Å². The van der Waals surface area contributed by atoms with Crippen molar-refractivity contribution in [3.63, 3.8) is 0 Å². The largest absolute Gasteiger partial charge is 0.489 e. The van der Waals surface area contributed by atoms with E-state index in [2.05, 4.69) is 10.3 Å². The van der Waals surface area contributed by atoms with Gasteiger partial charge in [-0.15, -0.1) is 0 Å². The molecule has 1 aromatic carbocycles. The maximum Gasteiger partial charge on any atom is 0.224 e. The van der Waals surface area contributed by atoms with Gasteiger partial charge in [-0.25, -0.2) is 0 Å². The predicted octanol–water partition coefficient (Wildman–Crippen LogP) is 3.67. The second-order valence-electron chi connectivity index (χ2n) is 6.48. The van der Waals surface area contributed by atoms with Crippen molar-refractivity contribution in [3.05, 3.63) is 84.1 Å². The average Bonchev–Trinajstić information content (AvgIpc) is 3.31. The summed E-state index contributed by atoms with van der Waals surface area (Å²) in [5.41, 5.74) is 2.07. The minimum absolute atomic E-state index is 0.0308. The zero-order valence-electron chi connectivity index (χ0n) is 14.3. The maximum atomic E-state index is 12.2. The number of rotatable bonds is 7. The fourth-order valence-corrected chi connectivity index (χ4v) is 2.98. The Morgan fingerprint density at radius 1 is 1.15 bits per heavy atom. The molecule has 5 nitrogen and oxygen atoms in total. The van der Waals surface area contributed by atoms with Crippen molar-refractivity contribution in [1.29, 1.82) is 0 Å². The van der Waals surface area contributed by atoms with E-state index in [1.807, 2.05) is 48.5 Å². The van der Waals surface area contributed by atoms with E-state index in [0.717, 1.165) is 29.1 Å². The van der Waals surface area contributed by atoms with Crippen LogP contribution in [0.15, 0.2) is 71.6 Å². The lowest BCUT2D eigenvalue weighted by Crippen LogP contribution is -2.24. The number of carbonyl (C=O) groups is 1. The predicted molar refractivity (Wildman–Crippen MR) is 96.4 cm³/mol. The lowest BCUT2D eigenvalue weighted by atomic mass is 10.2. The molecule has 1 fully saturated rings. The number of nitrogens with one attached hydrogen (secondary N) is 1. The number of hydrogen-bond donors (Lipinski definition) is 1. The average molecular weight is 348 g/mol. The summed E-state index contributed by atoms with van der Waals surface area (Å²) in [7, 11) is 0. The van der Waals surface area contributed by atoms with Gasteiger partial charge in [-0.2, -0.15) is 0 Å². The summed E-state index contributed by atoms with van der Waals surface area (Å²) in [4.78, 5) is 16.3. The van der Waals surface area contributed by atoms with Crippen LogP contribution in [-0.4, -0.2) is 10.9 Å². The smallest absolute Gasteiger partial charge is 0.224 e. The highest BCUT2D eigenvalue weighted by Crippen LogP contribution is 2.47. The van der Waals surface area contributed by atoms with Crippen molar-refractivity contribution in [2.24, 2.45) is 5.92 Å². The van der Waals surface area contributed by atoms with Gasteiger partial charge in [-0.3, -0.25) is 9.78 Å². The van der Waals surface area contributed by atoms with Crippen molar-refractivity contribution < 1.29 is 13.9 Å². The minimum Gasteiger partial charge on any atom is -0.489 e. The molecule has 0 radical (unpaired) electrons. The monoisotopic (exact) mass is 348 g/mol. The summed E-state index contributed by atoms with van der Waals surface area (Å²) < 4.78 is 11.1. The van der Waals surface area contributed by atoms with E-state index < -0.39 is 0 Å². The fraction of sp³-hybridized carbons (Fsp3) is 0.238. The third kappa shape index (κ3) is 3.94. The van der Waals surface area contributed by atoms with Crippen LogP contribution in [0.25, 0.3) is 0 Å². The van der Waals surface area contributed by atoms with Crippen molar-refractivity contribution >= 4 is 5.91 Å². The fourth-order valence-electron chi connectivity index (χ4n) is 2.98. The Bertz CT molecular complexity index is 845. The molecule has 1 aliphatic rings. The van der Waals surface area contributed by atoms with Gasteiger partial charge in [0.15, 0.2) is 0 Å². The van der Waals surface area contributed by atoms with Crippen molar-refractivity contribution in [3.8, 4) is 5.75 Å². The quantitative estimate of drug-likeness (QED) is 0.707. The number of benzene rings is 1. The Kier molecular flexibility index (Phi) is 4.69. The number of aromatic nitrogens is 1. The van der Waals surface area contributed by atoms with Gasteiger partial charge in [0, 0.05) is 36.3 Å². The zero-order valence-corrected chi connectivity index (χ0v) is 14.3. The number of pyridine rings is 1. The van der Waals surface area contributed by atoms with Crippen molar-refractivity contribution in [2.45, 2.75) is 25.5 Å². The molecule has 0 saturated heterocycles. The second kappa shape index (κ2) is 7.44. The van der Waals surface area contributed by atoms with Crippen LogP contribution in [0, 0.1) is 5.92 Å². The van der Waals surface area contributed by atoms with Crippen molar-refractivity contribution in [2.75, 3.05) is 0 Å². The molecule has 1 aliphatic carbocycles. The highest BCUT2D eigenvalue weighted by molar-refractivity contribution is 5.82. The molecule has 5 heteroatoms. The van der Waals surface area contributed by atoms with Gasteiger partial charge in [-0.1, -0.05) is 18.2 Å². The molecule has 3 aromatic rings. The lowest BCUT2D eigenvalue weighted by Gasteiger charge is -2.08. The first-order chi connectivity index (χ1) is 12.8. The Hall–Kier alpha value is -3.08. The summed E-state index contributed by atoms with van der Waals surface area (Å²) in [6.45, 7) is 1.00. The van der Waals surface area contributed by atoms with E-state index in [0.29, 0.717) is 13.2 Å².